The van der Waals surface area contributed by atoms with Gasteiger partial charge in [0.25, 0.3) is 0 Å². The van der Waals surface area contributed by atoms with E-state index in [0.717, 1.165) is 39.0 Å². The maximum Gasteiger partial charge on any atom is 0.228 e. The Morgan fingerprint density at radius 1 is 1.30 bits per heavy atom. The summed E-state index contributed by atoms with van der Waals surface area (Å²) in [4.78, 5) is 30.5. The summed E-state index contributed by atoms with van der Waals surface area (Å²) in [6, 6.07) is 0.393. The molecule has 8 heteroatoms. The third-order valence-electron chi connectivity index (χ3n) is 4.52. The Kier molecular flexibility index (Phi) is 10.1. The molecule has 0 radical (unpaired) electrons. The van der Waals surface area contributed by atoms with Crippen molar-refractivity contribution in [1.29, 1.82) is 0 Å². The van der Waals surface area contributed by atoms with Crippen molar-refractivity contribution < 1.29 is 9.59 Å². The zero-order valence-electron chi connectivity index (χ0n) is 14.3. The number of carbonyl (C=O) groups is 2. The molecule has 2 aliphatic rings. The first-order valence-electron chi connectivity index (χ1n) is 7.89. The number of likely N-dealkylation sites (N-methyl/N-ethyl adjacent to an activating group) is 2. The van der Waals surface area contributed by atoms with Crippen molar-refractivity contribution in [3.05, 3.63) is 0 Å². The molecule has 0 aromatic rings. The molecule has 2 heterocycles. The van der Waals surface area contributed by atoms with Gasteiger partial charge in [-0.25, -0.2) is 0 Å². The van der Waals surface area contributed by atoms with Gasteiger partial charge in [-0.05, 0) is 34.0 Å². The Morgan fingerprint density at radius 3 is 2.61 bits per heavy atom. The molecule has 0 aliphatic carbocycles. The van der Waals surface area contributed by atoms with Gasteiger partial charge in [-0.15, -0.1) is 24.8 Å². The summed E-state index contributed by atoms with van der Waals surface area (Å²) in [5, 5.41) is 3.25. The zero-order valence-corrected chi connectivity index (χ0v) is 15.9. The molecule has 2 atom stereocenters. The first-order valence-corrected chi connectivity index (χ1v) is 7.89. The van der Waals surface area contributed by atoms with Crippen LogP contribution in [0.25, 0.3) is 0 Å². The van der Waals surface area contributed by atoms with Crippen LogP contribution in [0, 0.1) is 5.92 Å². The van der Waals surface area contributed by atoms with E-state index in [9.17, 15) is 9.59 Å². The average molecular weight is 369 g/mol. The molecule has 23 heavy (non-hydrogen) atoms. The Balaban J connectivity index is 0.00000242. The Hall–Kier alpha value is -0.560. The van der Waals surface area contributed by atoms with Crippen LogP contribution >= 0.6 is 24.8 Å². The van der Waals surface area contributed by atoms with Crippen molar-refractivity contribution in [2.24, 2.45) is 5.92 Å². The largest absolute Gasteiger partial charge is 0.341 e. The minimum absolute atomic E-state index is 0. The third-order valence-corrected chi connectivity index (χ3v) is 4.52. The Morgan fingerprint density at radius 2 is 2.00 bits per heavy atom. The van der Waals surface area contributed by atoms with Crippen LogP contribution in [-0.2, 0) is 9.59 Å². The van der Waals surface area contributed by atoms with Crippen LogP contribution in [0.4, 0.5) is 0 Å². The lowest BCUT2D eigenvalue weighted by Gasteiger charge is -2.34. The molecule has 2 unspecified atom stereocenters. The fraction of sp³-hybridized carbons (Fsp3) is 0.867. The van der Waals surface area contributed by atoms with Crippen LogP contribution in [0.15, 0.2) is 0 Å². The van der Waals surface area contributed by atoms with Gasteiger partial charge in [0.15, 0.2) is 0 Å². The van der Waals surface area contributed by atoms with E-state index in [0.29, 0.717) is 19.0 Å². The van der Waals surface area contributed by atoms with Crippen molar-refractivity contribution in [3.63, 3.8) is 0 Å². The number of rotatable bonds is 5. The SMILES string of the molecule is CNC1CCCN(C(=O)C2CC(=O)N(CCN(C)C)C2)C1.Cl.Cl. The van der Waals surface area contributed by atoms with Gasteiger partial charge < -0.3 is 20.0 Å². The number of hydrogen-bond donors (Lipinski definition) is 1. The van der Waals surface area contributed by atoms with Gasteiger partial charge in [0.2, 0.25) is 11.8 Å². The monoisotopic (exact) mass is 368 g/mol. The highest BCUT2D eigenvalue weighted by molar-refractivity contribution is 5.89. The summed E-state index contributed by atoms with van der Waals surface area (Å²) in [6.45, 7) is 3.76. The van der Waals surface area contributed by atoms with Crippen molar-refractivity contribution in [1.82, 2.24) is 20.0 Å². The van der Waals surface area contributed by atoms with E-state index < -0.39 is 0 Å². The topological polar surface area (TPSA) is 55.9 Å². The van der Waals surface area contributed by atoms with Crippen LogP contribution in [0.1, 0.15) is 19.3 Å². The molecule has 136 valence electrons. The van der Waals surface area contributed by atoms with Crippen molar-refractivity contribution in [3.8, 4) is 0 Å². The minimum Gasteiger partial charge on any atom is -0.341 e. The number of likely N-dealkylation sites (tertiary alicyclic amines) is 2. The fourth-order valence-electron chi connectivity index (χ4n) is 3.15. The molecule has 0 saturated carbocycles. The number of nitrogens with zero attached hydrogens (tertiary/aromatic N) is 3. The van der Waals surface area contributed by atoms with Gasteiger partial charge in [0.1, 0.15) is 0 Å². The summed E-state index contributed by atoms with van der Waals surface area (Å²) in [5.74, 6) is 0.142. The zero-order chi connectivity index (χ0) is 15.4. The van der Waals surface area contributed by atoms with Gasteiger partial charge in [-0.1, -0.05) is 0 Å². The number of nitrogens with one attached hydrogen (secondary N) is 1. The fourth-order valence-corrected chi connectivity index (χ4v) is 3.15. The van der Waals surface area contributed by atoms with E-state index in [-0.39, 0.29) is 42.5 Å². The van der Waals surface area contributed by atoms with Crippen LogP contribution in [0.2, 0.25) is 0 Å². The lowest BCUT2D eigenvalue weighted by Crippen LogP contribution is -2.49. The van der Waals surface area contributed by atoms with Gasteiger partial charge >= 0.3 is 0 Å². The molecule has 0 bridgehead atoms. The second-order valence-electron chi connectivity index (χ2n) is 6.46. The lowest BCUT2D eigenvalue weighted by atomic mass is 10.0. The number of carbonyl (C=O) groups excluding carboxylic acids is 2. The maximum absolute atomic E-state index is 12.6. The van der Waals surface area contributed by atoms with E-state index >= 15 is 0 Å². The highest BCUT2D eigenvalue weighted by Crippen LogP contribution is 2.22. The quantitative estimate of drug-likeness (QED) is 0.765. The van der Waals surface area contributed by atoms with E-state index in [2.05, 4.69) is 10.2 Å². The second-order valence-corrected chi connectivity index (χ2v) is 6.46. The predicted molar refractivity (Wildman–Crippen MR) is 96.4 cm³/mol. The number of halogens is 2. The highest BCUT2D eigenvalue weighted by atomic mass is 35.5. The molecule has 0 spiro atoms. The number of hydrogen-bond acceptors (Lipinski definition) is 4. The molecule has 2 aliphatic heterocycles. The predicted octanol–water partition coefficient (Wildman–Crippen LogP) is 0.450. The molecular weight excluding hydrogens is 339 g/mol. The van der Waals surface area contributed by atoms with Crippen LogP contribution in [0.5, 0.6) is 0 Å². The van der Waals surface area contributed by atoms with Gasteiger partial charge in [-0.2, -0.15) is 0 Å². The smallest absolute Gasteiger partial charge is 0.228 e. The Labute approximate surface area is 151 Å². The molecule has 0 aromatic carbocycles. The summed E-state index contributed by atoms with van der Waals surface area (Å²) in [7, 11) is 5.93. The summed E-state index contributed by atoms with van der Waals surface area (Å²) in [5.41, 5.74) is 0. The van der Waals surface area contributed by atoms with Gasteiger partial charge in [0.05, 0.1) is 5.92 Å². The number of amides is 2. The second kappa shape index (κ2) is 10.3. The average Bonchev–Trinajstić information content (AvgIpc) is 2.85. The maximum atomic E-state index is 12.6. The molecule has 0 aromatic heterocycles. The molecule has 2 fully saturated rings. The Bertz CT molecular complexity index is 396. The molecule has 2 rings (SSSR count). The summed E-state index contributed by atoms with van der Waals surface area (Å²) >= 11 is 0. The first kappa shape index (κ1) is 22.4. The van der Waals surface area contributed by atoms with E-state index in [1.165, 1.54) is 0 Å². The van der Waals surface area contributed by atoms with Crippen LogP contribution < -0.4 is 5.32 Å². The van der Waals surface area contributed by atoms with Crippen LogP contribution in [0.3, 0.4) is 0 Å². The van der Waals surface area contributed by atoms with E-state index in [1.54, 1.807) is 0 Å². The summed E-state index contributed by atoms with van der Waals surface area (Å²) in [6.07, 6.45) is 2.55. The third kappa shape index (κ3) is 6.10. The minimum atomic E-state index is -0.143. The molecular formula is C15H30Cl2N4O2. The molecule has 6 nitrogen and oxygen atoms in total. The van der Waals surface area contributed by atoms with Crippen molar-refractivity contribution >= 4 is 36.6 Å². The van der Waals surface area contributed by atoms with Crippen molar-refractivity contribution in [2.75, 3.05) is 53.9 Å². The van der Waals surface area contributed by atoms with Gasteiger partial charge in [-0.3, -0.25) is 9.59 Å². The first-order chi connectivity index (χ1) is 10.0. The lowest BCUT2D eigenvalue weighted by molar-refractivity contribution is -0.137. The number of piperidine rings is 1. The van der Waals surface area contributed by atoms with Crippen molar-refractivity contribution in [2.45, 2.75) is 25.3 Å². The molecule has 1 N–H and O–H groups in total. The van der Waals surface area contributed by atoms with Crippen LogP contribution in [-0.4, -0.2) is 86.4 Å². The molecule has 2 saturated heterocycles. The molecule has 2 amide bonds. The summed E-state index contributed by atoms with van der Waals surface area (Å²) < 4.78 is 0. The van der Waals surface area contributed by atoms with E-state index in [4.69, 9.17) is 0 Å². The van der Waals surface area contributed by atoms with Gasteiger partial charge in [0, 0.05) is 45.2 Å². The normalized spacial score (nSPS) is 24.4. The van der Waals surface area contributed by atoms with E-state index in [1.807, 2.05) is 30.9 Å². The standard InChI is InChI=1S/C15H28N4O2.2ClH/c1-16-13-5-4-6-19(11-13)15(21)12-9-14(20)18(10-12)8-7-17(2)3;;/h12-13,16H,4-11H2,1-3H3;2*1H. The highest BCUT2D eigenvalue weighted by Gasteiger charge is 2.37.